The summed E-state index contributed by atoms with van der Waals surface area (Å²) in [5.74, 6) is 0.939. The van der Waals surface area contributed by atoms with Crippen LogP contribution in [0.25, 0.3) is 0 Å². The van der Waals surface area contributed by atoms with Gasteiger partial charge >= 0.3 is 0 Å². The average Bonchev–Trinajstić information content (AvgIpc) is 2.47. The second-order valence-electron chi connectivity index (χ2n) is 4.35. The Morgan fingerprint density at radius 2 is 2.15 bits per heavy atom. The Hall–Kier alpha value is -0.440. The standard InChI is InChI=1S/C10H18N2S/c1-10(2,3)9-8(5-4-6-13)7-11-12-9/h7,13H,4-6H2,1-3H3,(H,11,12). The van der Waals surface area contributed by atoms with E-state index in [1.807, 2.05) is 6.20 Å². The Kier molecular flexibility index (Phi) is 3.42. The number of aromatic amines is 1. The molecule has 13 heavy (non-hydrogen) atoms. The molecule has 1 heterocycles. The third kappa shape index (κ3) is 2.76. The summed E-state index contributed by atoms with van der Waals surface area (Å²) in [6, 6.07) is 0. The Balaban J connectivity index is 2.77. The van der Waals surface area contributed by atoms with Crippen LogP contribution < -0.4 is 0 Å². The molecule has 1 aromatic rings. The molecule has 0 atom stereocenters. The highest BCUT2D eigenvalue weighted by Crippen LogP contribution is 2.24. The third-order valence-electron chi connectivity index (χ3n) is 2.07. The lowest BCUT2D eigenvalue weighted by atomic mass is 9.88. The van der Waals surface area contributed by atoms with Crippen molar-refractivity contribution in [3.63, 3.8) is 0 Å². The molecule has 0 aliphatic heterocycles. The maximum Gasteiger partial charge on any atom is 0.0522 e. The van der Waals surface area contributed by atoms with Gasteiger partial charge in [-0.15, -0.1) is 0 Å². The zero-order valence-electron chi connectivity index (χ0n) is 8.59. The molecule has 3 heteroatoms. The molecule has 0 aliphatic rings. The van der Waals surface area contributed by atoms with Crippen molar-refractivity contribution in [1.82, 2.24) is 10.2 Å². The molecule has 0 unspecified atom stereocenters. The molecular formula is C10H18N2S. The minimum absolute atomic E-state index is 0.169. The van der Waals surface area contributed by atoms with Crippen LogP contribution in [-0.4, -0.2) is 16.0 Å². The maximum absolute atomic E-state index is 4.21. The first-order chi connectivity index (χ1) is 6.05. The number of aromatic nitrogens is 2. The Bertz CT molecular complexity index is 260. The van der Waals surface area contributed by atoms with Crippen LogP contribution in [0, 0.1) is 0 Å². The summed E-state index contributed by atoms with van der Waals surface area (Å²) in [7, 11) is 0. The van der Waals surface area contributed by atoms with Gasteiger partial charge in [-0.25, -0.2) is 0 Å². The number of hydrogen-bond acceptors (Lipinski definition) is 2. The molecule has 2 nitrogen and oxygen atoms in total. The SMILES string of the molecule is CC(C)(C)c1[nH]ncc1CCCS. The van der Waals surface area contributed by atoms with Gasteiger partial charge in [0, 0.05) is 11.1 Å². The number of thiol groups is 1. The van der Waals surface area contributed by atoms with Crippen molar-refractivity contribution in [2.45, 2.75) is 39.0 Å². The summed E-state index contributed by atoms with van der Waals surface area (Å²) >= 11 is 4.21. The fraction of sp³-hybridized carbons (Fsp3) is 0.700. The molecule has 0 fully saturated rings. The molecule has 74 valence electrons. The maximum atomic E-state index is 4.21. The van der Waals surface area contributed by atoms with E-state index in [4.69, 9.17) is 0 Å². The molecule has 0 bridgehead atoms. The molecule has 1 N–H and O–H groups in total. The number of aryl methyl sites for hydroxylation is 1. The second-order valence-corrected chi connectivity index (χ2v) is 4.79. The van der Waals surface area contributed by atoms with E-state index >= 15 is 0 Å². The van der Waals surface area contributed by atoms with Crippen LogP contribution >= 0.6 is 12.6 Å². The number of rotatable bonds is 3. The zero-order valence-corrected chi connectivity index (χ0v) is 9.49. The largest absolute Gasteiger partial charge is 0.282 e. The van der Waals surface area contributed by atoms with E-state index in [-0.39, 0.29) is 5.41 Å². The van der Waals surface area contributed by atoms with Crippen molar-refractivity contribution in [3.05, 3.63) is 17.5 Å². The van der Waals surface area contributed by atoms with E-state index in [0.717, 1.165) is 18.6 Å². The van der Waals surface area contributed by atoms with Crippen LogP contribution in [0.5, 0.6) is 0 Å². The van der Waals surface area contributed by atoms with Crippen molar-refractivity contribution in [3.8, 4) is 0 Å². The highest BCUT2D eigenvalue weighted by molar-refractivity contribution is 7.80. The fourth-order valence-corrected chi connectivity index (χ4v) is 1.58. The minimum Gasteiger partial charge on any atom is -0.282 e. The van der Waals surface area contributed by atoms with Gasteiger partial charge in [-0.05, 0) is 24.2 Å². The molecule has 0 aromatic carbocycles. The number of hydrogen-bond donors (Lipinski definition) is 2. The summed E-state index contributed by atoms with van der Waals surface area (Å²) in [5.41, 5.74) is 2.76. The molecule has 0 spiro atoms. The average molecular weight is 198 g/mol. The van der Waals surface area contributed by atoms with Gasteiger partial charge in [-0.1, -0.05) is 20.8 Å². The van der Waals surface area contributed by atoms with Crippen molar-refractivity contribution in [2.75, 3.05) is 5.75 Å². The van der Waals surface area contributed by atoms with Gasteiger partial charge in [0.05, 0.1) is 6.20 Å². The monoisotopic (exact) mass is 198 g/mol. The van der Waals surface area contributed by atoms with Crippen LogP contribution in [-0.2, 0) is 11.8 Å². The van der Waals surface area contributed by atoms with Crippen molar-refractivity contribution in [1.29, 1.82) is 0 Å². The Morgan fingerprint density at radius 1 is 1.46 bits per heavy atom. The lowest BCUT2D eigenvalue weighted by Crippen LogP contribution is -2.14. The summed E-state index contributed by atoms with van der Waals surface area (Å²) < 4.78 is 0. The summed E-state index contributed by atoms with van der Waals surface area (Å²) in [4.78, 5) is 0. The topological polar surface area (TPSA) is 28.7 Å². The van der Waals surface area contributed by atoms with E-state index < -0.39 is 0 Å². The van der Waals surface area contributed by atoms with Crippen molar-refractivity contribution in [2.24, 2.45) is 0 Å². The first-order valence-corrected chi connectivity index (χ1v) is 5.32. The van der Waals surface area contributed by atoms with E-state index in [1.165, 1.54) is 11.3 Å². The van der Waals surface area contributed by atoms with Crippen LogP contribution in [0.1, 0.15) is 38.4 Å². The van der Waals surface area contributed by atoms with Gasteiger partial charge in [0.25, 0.3) is 0 Å². The van der Waals surface area contributed by atoms with Gasteiger partial charge in [-0.3, -0.25) is 5.10 Å². The van der Waals surface area contributed by atoms with Gasteiger partial charge in [0.2, 0.25) is 0 Å². The number of H-pyrrole nitrogens is 1. The molecule has 0 radical (unpaired) electrons. The van der Waals surface area contributed by atoms with Gasteiger partial charge < -0.3 is 0 Å². The zero-order chi connectivity index (χ0) is 9.90. The van der Waals surface area contributed by atoms with Gasteiger partial charge in [-0.2, -0.15) is 17.7 Å². The fourth-order valence-electron chi connectivity index (χ4n) is 1.42. The van der Waals surface area contributed by atoms with Crippen LogP contribution in [0.15, 0.2) is 6.20 Å². The van der Waals surface area contributed by atoms with Gasteiger partial charge in [0.1, 0.15) is 0 Å². The van der Waals surface area contributed by atoms with Crippen molar-refractivity contribution < 1.29 is 0 Å². The number of nitrogens with zero attached hydrogens (tertiary/aromatic N) is 1. The van der Waals surface area contributed by atoms with E-state index in [1.54, 1.807) is 0 Å². The van der Waals surface area contributed by atoms with E-state index in [2.05, 4.69) is 43.6 Å². The molecule has 1 aromatic heterocycles. The quantitative estimate of drug-likeness (QED) is 0.718. The normalized spacial score (nSPS) is 12.0. The number of nitrogens with one attached hydrogen (secondary N) is 1. The Morgan fingerprint density at radius 3 is 2.69 bits per heavy atom. The van der Waals surface area contributed by atoms with Crippen LogP contribution in [0.3, 0.4) is 0 Å². The predicted molar refractivity (Wildman–Crippen MR) is 59.5 cm³/mol. The predicted octanol–water partition coefficient (Wildman–Crippen LogP) is 2.57. The molecule has 0 saturated heterocycles. The van der Waals surface area contributed by atoms with Crippen LogP contribution in [0.4, 0.5) is 0 Å². The molecule has 0 aliphatic carbocycles. The lowest BCUT2D eigenvalue weighted by molar-refractivity contribution is 0.559. The Labute approximate surface area is 85.5 Å². The molecule has 0 amide bonds. The smallest absolute Gasteiger partial charge is 0.0522 e. The van der Waals surface area contributed by atoms with E-state index in [9.17, 15) is 0 Å². The third-order valence-corrected chi connectivity index (χ3v) is 2.39. The molecule has 1 rings (SSSR count). The molecular weight excluding hydrogens is 180 g/mol. The minimum atomic E-state index is 0.169. The second kappa shape index (κ2) is 4.18. The molecule has 0 saturated carbocycles. The summed E-state index contributed by atoms with van der Waals surface area (Å²) in [6.45, 7) is 6.60. The highest BCUT2D eigenvalue weighted by atomic mass is 32.1. The van der Waals surface area contributed by atoms with Crippen LogP contribution in [0.2, 0.25) is 0 Å². The van der Waals surface area contributed by atoms with Gasteiger partial charge in [0.15, 0.2) is 0 Å². The van der Waals surface area contributed by atoms with E-state index in [0.29, 0.717) is 0 Å². The summed E-state index contributed by atoms with van der Waals surface area (Å²) in [6.07, 6.45) is 4.13. The first-order valence-electron chi connectivity index (χ1n) is 4.69. The van der Waals surface area contributed by atoms with Crippen molar-refractivity contribution >= 4 is 12.6 Å². The highest BCUT2D eigenvalue weighted by Gasteiger charge is 2.19. The first kappa shape index (κ1) is 10.6. The lowest BCUT2D eigenvalue weighted by Gasteiger charge is -2.18. The summed E-state index contributed by atoms with van der Waals surface area (Å²) in [5, 5.41) is 7.17.